The zero-order chi connectivity index (χ0) is 14.5. The maximum atomic E-state index is 13.5. The van der Waals surface area contributed by atoms with Crippen LogP contribution in [0.25, 0.3) is 0 Å². The van der Waals surface area contributed by atoms with E-state index >= 15 is 0 Å². The van der Waals surface area contributed by atoms with Crippen LogP contribution in [-0.2, 0) is 11.3 Å². The zero-order valence-electron chi connectivity index (χ0n) is 11.3. The minimum Gasteiger partial charge on any atom is -0.481 e. The molecule has 3 nitrogen and oxygen atoms in total. The molecule has 1 aliphatic rings. The van der Waals surface area contributed by atoms with E-state index in [1.54, 1.807) is 12.1 Å². The number of nitrogens with zero attached hydrogens (tertiary/aromatic N) is 1. The van der Waals surface area contributed by atoms with E-state index in [4.69, 9.17) is 5.11 Å². The molecule has 0 aliphatic carbocycles. The molecule has 1 N–H and O–H groups in total. The maximum absolute atomic E-state index is 13.5. The molecular formula is C15H19BrFNO2. The number of aliphatic carboxylic acids is 1. The number of carbonyl (C=O) groups is 1. The van der Waals surface area contributed by atoms with Crippen molar-refractivity contribution in [2.24, 2.45) is 5.92 Å². The lowest BCUT2D eigenvalue weighted by atomic mass is 9.92. The predicted octanol–water partition coefficient (Wildman–Crippen LogP) is 3.67. The summed E-state index contributed by atoms with van der Waals surface area (Å²) in [6, 6.07) is 5.24. The van der Waals surface area contributed by atoms with Crippen molar-refractivity contribution in [1.29, 1.82) is 0 Å². The van der Waals surface area contributed by atoms with Crippen LogP contribution in [0.5, 0.6) is 0 Å². The Kier molecular flexibility index (Phi) is 5.54. The summed E-state index contributed by atoms with van der Waals surface area (Å²) in [6.07, 6.45) is 3.11. The molecule has 110 valence electrons. The SMILES string of the molecule is O=C(O)CCC1CCN(Cc2ccc(Br)c(F)c2)CC1. The van der Waals surface area contributed by atoms with Gasteiger partial charge in [0.1, 0.15) is 5.82 Å². The van der Waals surface area contributed by atoms with Crippen LogP contribution in [-0.4, -0.2) is 29.1 Å². The number of halogens is 2. The van der Waals surface area contributed by atoms with E-state index in [2.05, 4.69) is 20.8 Å². The molecule has 20 heavy (non-hydrogen) atoms. The Bertz CT molecular complexity index is 473. The summed E-state index contributed by atoms with van der Waals surface area (Å²) < 4.78 is 13.9. The van der Waals surface area contributed by atoms with Gasteiger partial charge in [-0.3, -0.25) is 9.69 Å². The van der Waals surface area contributed by atoms with Crippen molar-refractivity contribution in [3.63, 3.8) is 0 Å². The van der Waals surface area contributed by atoms with Crippen molar-refractivity contribution in [3.05, 3.63) is 34.1 Å². The average molecular weight is 344 g/mol. The van der Waals surface area contributed by atoms with Crippen LogP contribution in [0.3, 0.4) is 0 Å². The molecule has 0 spiro atoms. The lowest BCUT2D eigenvalue weighted by Crippen LogP contribution is -2.33. The van der Waals surface area contributed by atoms with Crippen molar-refractivity contribution < 1.29 is 14.3 Å². The number of carboxylic acid groups (broad SMARTS) is 1. The second-order valence-electron chi connectivity index (χ2n) is 5.40. The molecule has 1 fully saturated rings. The molecule has 5 heteroatoms. The van der Waals surface area contributed by atoms with Gasteiger partial charge < -0.3 is 5.11 Å². The normalized spacial score (nSPS) is 17.3. The molecule has 0 radical (unpaired) electrons. The highest BCUT2D eigenvalue weighted by Crippen LogP contribution is 2.24. The number of hydrogen-bond acceptors (Lipinski definition) is 2. The summed E-state index contributed by atoms with van der Waals surface area (Å²) in [4.78, 5) is 12.9. The Morgan fingerprint density at radius 3 is 2.70 bits per heavy atom. The number of rotatable bonds is 5. The largest absolute Gasteiger partial charge is 0.481 e. The van der Waals surface area contributed by atoms with Gasteiger partial charge in [-0.05, 0) is 71.9 Å². The Hall–Kier alpha value is -0.940. The summed E-state index contributed by atoms with van der Waals surface area (Å²) in [6.45, 7) is 2.68. The molecule has 0 unspecified atom stereocenters. The van der Waals surface area contributed by atoms with Crippen molar-refractivity contribution in [1.82, 2.24) is 4.90 Å². The van der Waals surface area contributed by atoms with Gasteiger partial charge in [0.2, 0.25) is 0 Å². The van der Waals surface area contributed by atoms with E-state index in [9.17, 15) is 9.18 Å². The first-order valence-corrected chi connectivity index (χ1v) is 7.72. The van der Waals surface area contributed by atoms with E-state index in [-0.39, 0.29) is 12.2 Å². The Morgan fingerprint density at radius 2 is 2.10 bits per heavy atom. The fourth-order valence-corrected chi connectivity index (χ4v) is 2.90. The van der Waals surface area contributed by atoms with Crippen LogP contribution in [0.4, 0.5) is 4.39 Å². The molecule has 1 aliphatic heterocycles. The van der Waals surface area contributed by atoms with Crippen molar-refractivity contribution >= 4 is 21.9 Å². The molecule has 1 aromatic carbocycles. The third kappa shape index (κ3) is 4.56. The van der Waals surface area contributed by atoms with Crippen LogP contribution in [0.1, 0.15) is 31.2 Å². The Balaban J connectivity index is 1.79. The maximum Gasteiger partial charge on any atom is 0.303 e. The highest BCUT2D eigenvalue weighted by Gasteiger charge is 2.20. The number of likely N-dealkylation sites (tertiary alicyclic amines) is 1. The topological polar surface area (TPSA) is 40.5 Å². The quantitative estimate of drug-likeness (QED) is 0.886. The van der Waals surface area contributed by atoms with E-state index in [1.807, 2.05) is 6.07 Å². The van der Waals surface area contributed by atoms with E-state index < -0.39 is 5.97 Å². The van der Waals surface area contributed by atoms with Gasteiger partial charge in [0.25, 0.3) is 0 Å². The number of carboxylic acids is 1. The first-order valence-electron chi connectivity index (χ1n) is 6.92. The van der Waals surface area contributed by atoms with Gasteiger partial charge in [-0.1, -0.05) is 6.07 Å². The summed E-state index contributed by atoms with van der Waals surface area (Å²) >= 11 is 3.15. The molecular weight excluding hydrogens is 325 g/mol. The van der Waals surface area contributed by atoms with Gasteiger partial charge in [0.15, 0.2) is 0 Å². The standard InChI is InChI=1S/C15H19BrFNO2/c16-13-3-1-12(9-14(13)17)10-18-7-5-11(6-8-18)2-4-15(19)20/h1,3,9,11H,2,4-8,10H2,(H,19,20). The van der Waals surface area contributed by atoms with Crippen LogP contribution in [0.2, 0.25) is 0 Å². The van der Waals surface area contributed by atoms with E-state index in [0.717, 1.165) is 44.5 Å². The molecule has 0 aromatic heterocycles. The summed E-state index contributed by atoms with van der Waals surface area (Å²) in [5, 5.41) is 8.69. The summed E-state index contributed by atoms with van der Waals surface area (Å²) in [7, 11) is 0. The first kappa shape index (κ1) is 15.4. The number of piperidine rings is 1. The third-order valence-electron chi connectivity index (χ3n) is 3.86. The van der Waals surface area contributed by atoms with Crippen LogP contribution < -0.4 is 0 Å². The lowest BCUT2D eigenvalue weighted by molar-refractivity contribution is -0.137. The van der Waals surface area contributed by atoms with Gasteiger partial charge in [0, 0.05) is 13.0 Å². The van der Waals surface area contributed by atoms with E-state index in [0.29, 0.717) is 10.4 Å². The molecule has 2 rings (SSSR count). The smallest absolute Gasteiger partial charge is 0.303 e. The van der Waals surface area contributed by atoms with Gasteiger partial charge in [-0.25, -0.2) is 4.39 Å². The van der Waals surface area contributed by atoms with Crippen LogP contribution in [0.15, 0.2) is 22.7 Å². The monoisotopic (exact) mass is 343 g/mol. The Morgan fingerprint density at radius 1 is 1.40 bits per heavy atom. The molecule has 1 saturated heterocycles. The minimum atomic E-state index is -0.710. The summed E-state index contributed by atoms with van der Waals surface area (Å²) in [5.41, 5.74) is 0.981. The van der Waals surface area contributed by atoms with Crippen molar-refractivity contribution in [2.45, 2.75) is 32.2 Å². The highest BCUT2D eigenvalue weighted by atomic mass is 79.9. The molecule has 0 saturated carbocycles. The molecule has 1 aromatic rings. The first-order chi connectivity index (χ1) is 9.54. The molecule has 0 bridgehead atoms. The second kappa shape index (κ2) is 7.18. The number of benzene rings is 1. The molecule has 1 heterocycles. The van der Waals surface area contributed by atoms with Gasteiger partial charge in [-0.2, -0.15) is 0 Å². The zero-order valence-corrected chi connectivity index (χ0v) is 12.9. The van der Waals surface area contributed by atoms with Gasteiger partial charge in [-0.15, -0.1) is 0 Å². The predicted molar refractivity (Wildman–Crippen MR) is 79.0 cm³/mol. The fraction of sp³-hybridized carbons (Fsp3) is 0.533. The molecule has 0 atom stereocenters. The average Bonchev–Trinajstić information content (AvgIpc) is 2.42. The fourth-order valence-electron chi connectivity index (χ4n) is 2.66. The van der Waals surface area contributed by atoms with Crippen molar-refractivity contribution in [3.8, 4) is 0 Å². The van der Waals surface area contributed by atoms with Gasteiger partial charge in [0.05, 0.1) is 4.47 Å². The summed E-state index contributed by atoms with van der Waals surface area (Å²) in [5.74, 6) is -0.416. The minimum absolute atomic E-state index is 0.223. The van der Waals surface area contributed by atoms with Crippen LogP contribution in [0, 0.1) is 11.7 Å². The highest BCUT2D eigenvalue weighted by molar-refractivity contribution is 9.10. The molecule has 0 amide bonds. The Labute approximate surface area is 126 Å². The van der Waals surface area contributed by atoms with Crippen LogP contribution >= 0.6 is 15.9 Å². The van der Waals surface area contributed by atoms with E-state index in [1.165, 1.54) is 0 Å². The number of hydrogen-bond donors (Lipinski definition) is 1. The third-order valence-corrected chi connectivity index (χ3v) is 4.51. The lowest BCUT2D eigenvalue weighted by Gasteiger charge is -2.31. The van der Waals surface area contributed by atoms with Gasteiger partial charge >= 0.3 is 5.97 Å². The van der Waals surface area contributed by atoms with Crippen molar-refractivity contribution in [2.75, 3.05) is 13.1 Å². The second-order valence-corrected chi connectivity index (χ2v) is 6.25.